The molecule has 1 N–H and O–H groups in total. The summed E-state index contributed by atoms with van der Waals surface area (Å²) in [6.07, 6.45) is 10.3. The molecule has 4 heterocycles. The number of ether oxygens (including phenoxy) is 3. The molecule has 8 heteroatoms. The number of hydrogen-bond acceptors (Lipinski definition) is 8. The average molecular weight is 276 g/mol. The van der Waals surface area contributed by atoms with Crippen LogP contribution in [0, 0.1) is 0 Å². The molecule has 3 unspecified atom stereocenters. The van der Waals surface area contributed by atoms with Crippen molar-refractivity contribution in [3.8, 4) is 0 Å². The molecule has 8 nitrogen and oxygen atoms in total. The van der Waals surface area contributed by atoms with Crippen LogP contribution in [0.3, 0.4) is 0 Å². The van der Waals surface area contributed by atoms with Crippen molar-refractivity contribution in [2.75, 3.05) is 11.6 Å². The van der Waals surface area contributed by atoms with Crippen molar-refractivity contribution >= 4 is 12.0 Å². The topological polar surface area (TPSA) is 81.3 Å². The van der Waals surface area contributed by atoms with E-state index >= 15 is 0 Å². The molecule has 1 aromatic rings. The predicted molar refractivity (Wildman–Crippen MR) is 67.3 cm³/mol. The van der Waals surface area contributed by atoms with Crippen LogP contribution in [-0.2, 0) is 14.2 Å². The zero-order valence-electron chi connectivity index (χ0n) is 10.4. The third-order valence-corrected chi connectivity index (χ3v) is 3.39. The lowest BCUT2D eigenvalue weighted by Gasteiger charge is -2.42. The monoisotopic (exact) mass is 276 g/mol. The van der Waals surface area contributed by atoms with Crippen LogP contribution in [0.4, 0.5) is 5.82 Å². The fourth-order valence-electron chi connectivity index (χ4n) is 2.53. The predicted octanol–water partition coefficient (Wildman–Crippen LogP) is 0.523. The first-order valence-electron chi connectivity index (χ1n) is 6.11. The Morgan fingerprint density at radius 2 is 2.40 bits per heavy atom. The zero-order valence-corrected chi connectivity index (χ0v) is 10.4. The molecule has 0 bridgehead atoms. The highest BCUT2D eigenvalue weighted by Gasteiger charge is 2.58. The maximum atomic E-state index is 5.86. The largest absolute Gasteiger partial charge is 0.470 e. The van der Waals surface area contributed by atoms with Crippen molar-refractivity contribution in [2.24, 2.45) is 4.99 Å². The first-order chi connectivity index (χ1) is 9.91. The fourth-order valence-corrected chi connectivity index (χ4v) is 2.53. The van der Waals surface area contributed by atoms with Gasteiger partial charge in [0.25, 0.3) is 5.72 Å². The Morgan fingerprint density at radius 3 is 3.10 bits per heavy atom. The number of rotatable bonds is 3. The number of nitrogens with one attached hydrogen (secondary N) is 1. The third kappa shape index (κ3) is 1.45. The van der Waals surface area contributed by atoms with Crippen molar-refractivity contribution in [3.63, 3.8) is 0 Å². The maximum absolute atomic E-state index is 5.86. The van der Waals surface area contributed by atoms with Gasteiger partial charge in [-0.15, -0.1) is 0 Å². The van der Waals surface area contributed by atoms with Gasteiger partial charge in [-0.3, -0.25) is 9.89 Å². The SMILES string of the molecule is C1=COC(C2(C3C=NCO3)OC=CN2c2cocn2)N1. The summed E-state index contributed by atoms with van der Waals surface area (Å²) in [5, 5.41) is 3.10. The highest BCUT2D eigenvalue weighted by atomic mass is 16.6. The smallest absolute Gasteiger partial charge is 0.274 e. The maximum Gasteiger partial charge on any atom is 0.274 e. The molecule has 0 saturated carbocycles. The molecule has 0 amide bonds. The van der Waals surface area contributed by atoms with E-state index in [1.54, 1.807) is 31.1 Å². The van der Waals surface area contributed by atoms with Crippen molar-refractivity contribution in [1.29, 1.82) is 0 Å². The van der Waals surface area contributed by atoms with Gasteiger partial charge in [0.15, 0.2) is 18.3 Å². The van der Waals surface area contributed by atoms with E-state index in [0.717, 1.165) is 0 Å². The lowest BCUT2D eigenvalue weighted by molar-refractivity contribution is -0.130. The Hall–Kier alpha value is -2.48. The molecule has 104 valence electrons. The molecule has 20 heavy (non-hydrogen) atoms. The van der Waals surface area contributed by atoms with Gasteiger partial charge in [-0.2, -0.15) is 4.98 Å². The number of aliphatic imine (C=N–C) groups is 1. The molecule has 0 spiro atoms. The van der Waals surface area contributed by atoms with E-state index in [1.165, 1.54) is 12.7 Å². The fraction of sp³-hybridized carbons (Fsp3) is 0.333. The van der Waals surface area contributed by atoms with E-state index in [-0.39, 0.29) is 0 Å². The van der Waals surface area contributed by atoms with E-state index in [4.69, 9.17) is 18.6 Å². The minimum atomic E-state index is -0.972. The van der Waals surface area contributed by atoms with Gasteiger partial charge in [-0.05, 0) is 0 Å². The van der Waals surface area contributed by atoms with Crippen molar-refractivity contribution in [1.82, 2.24) is 10.3 Å². The van der Waals surface area contributed by atoms with E-state index in [1.807, 2.05) is 4.90 Å². The van der Waals surface area contributed by atoms with Gasteiger partial charge in [0.05, 0.1) is 0 Å². The van der Waals surface area contributed by atoms with Crippen LogP contribution in [0.1, 0.15) is 0 Å². The molecule has 3 atom stereocenters. The lowest BCUT2D eigenvalue weighted by atomic mass is 10.0. The first kappa shape index (κ1) is 11.4. The molecule has 0 radical (unpaired) electrons. The molecule has 0 fully saturated rings. The number of oxazole rings is 1. The van der Waals surface area contributed by atoms with Gasteiger partial charge in [0.1, 0.15) is 25.5 Å². The van der Waals surface area contributed by atoms with Gasteiger partial charge >= 0.3 is 0 Å². The number of aromatic nitrogens is 1. The van der Waals surface area contributed by atoms with Gasteiger partial charge in [0, 0.05) is 18.6 Å². The van der Waals surface area contributed by atoms with Crippen LogP contribution in [-0.4, -0.2) is 36.0 Å². The molecule has 3 aliphatic heterocycles. The molecule has 0 aromatic carbocycles. The van der Waals surface area contributed by atoms with Gasteiger partial charge in [0.2, 0.25) is 6.23 Å². The van der Waals surface area contributed by atoms with Crippen molar-refractivity contribution < 1.29 is 18.6 Å². The summed E-state index contributed by atoms with van der Waals surface area (Å²) in [4.78, 5) is 10.1. The zero-order chi connectivity index (χ0) is 13.4. The first-order valence-corrected chi connectivity index (χ1v) is 6.11. The Kier molecular flexibility index (Phi) is 2.43. The minimum absolute atomic E-state index is 0.294. The Balaban J connectivity index is 1.76. The summed E-state index contributed by atoms with van der Waals surface area (Å²) < 4.78 is 22.1. The Labute approximate surface area is 114 Å². The molecule has 4 rings (SSSR count). The second-order valence-corrected chi connectivity index (χ2v) is 4.41. The van der Waals surface area contributed by atoms with Crippen LogP contribution in [0.2, 0.25) is 0 Å². The minimum Gasteiger partial charge on any atom is -0.470 e. The van der Waals surface area contributed by atoms with Crippen LogP contribution < -0.4 is 10.2 Å². The quantitative estimate of drug-likeness (QED) is 0.862. The summed E-state index contributed by atoms with van der Waals surface area (Å²) in [7, 11) is 0. The summed E-state index contributed by atoms with van der Waals surface area (Å²) in [6.45, 7) is 0.294. The molecular weight excluding hydrogens is 264 g/mol. The highest BCUT2D eigenvalue weighted by molar-refractivity contribution is 5.69. The van der Waals surface area contributed by atoms with Gasteiger partial charge in [-0.1, -0.05) is 0 Å². The third-order valence-electron chi connectivity index (χ3n) is 3.39. The summed E-state index contributed by atoms with van der Waals surface area (Å²) in [5.74, 6) is 0.597. The second kappa shape index (κ2) is 4.27. The van der Waals surface area contributed by atoms with Crippen LogP contribution in [0.5, 0.6) is 0 Å². The van der Waals surface area contributed by atoms with Crippen LogP contribution in [0.15, 0.2) is 47.0 Å². The molecule has 0 saturated heterocycles. The molecular formula is C12H12N4O4. The van der Waals surface area contributed by atoms with Gasteiger partial charge in [-0.25, -0.2) is 0 Å². The Morgan fingerprint density at radius 1 is 1.40 bits per heavy atom. The highest BCUT2D eigenvalue weighted by Crippen LogP contribution is 2.38. The van der Waals surface area contributed by atoms with E-state index in [9.17, 15) is 0 Å². The van der Waals surface area contributed by atoms with E-state index in [0.29, 0.717) is 12.5 Å². The average Bonchev–Trinajstić information content (AvgIpc) is 3.23. The molecule has 3 aliphatic rings. The van der Waals surface area contributed by atoms with Gasteiger partial charge < -0.3 is 23.9 Å². The summed E-state index contributed by atoms with van der Waals surface area (Å²) in [6, 6.07) is 0. The Bertz CT molecular complexity index is 562. The normalized spacial score (nSPS) is 34.3. The van der Waals surface area contributed by atoms with Crippen molar-refractivity contribution in [3.05, 3.63) is 37.6 Å². The lowest BCUT2D eigenvalue weighted by Crippen LogP contribution is -2.65. The van der Waals surface area contributed by atoms with Crippen molar-refractivity contribution in [2.45, 2.75) is 18.1 Å². The number of anilines is 1. The van der Waals surface area contributed by atoms with Crippen LogP contribution >= 0.6 is 0 Å². The second-order valence-electron chi connectivity index (χ2n) is 4.41. The molecule has 0 aliphatic carbocycles. The number of hydrogen-bond donors (Lipinski definition) is 1. The molecule has 1 aromatic heterocycles. The standard InChI is InChI=1S/C12H12N4O4/c1-3-18-11(14-1)12(9-5-13-7-19-9)16(2-4-20-12)10-6-17-8-15-10/h1-6,8-9,11,14H,7H2. The summed E-state index contributed by atoms with van der Waals surface area (Å²) in [5.41, 5.74) is -0.972. The van der Waals surface area contributed by atoms with E-state index < -0.39 is 18.1 Å². The van der Waals surface area contributed by atoms with E-state index in [2.05, 4.69) is 15.3 Å². The summed E-state index contributed by atoms with van der Waals surface area (Å²) >= 11 is 0. The van der Waals surface area contributed by atoms with Crippen LogP contribution in [0.25, 0.3) is 0 Å². The number of nitrogens with zero attached hydrogens (tertiary/aromatic N) is 3.